The predicted octanol–water partition coefficient (Wildman–Crippen LogP) is 3.39. The zero-order chi connectivity index (χ0) is 15.1. The van der Waals surface area contributed by atoms with Crippen LogP contribution in [0.5, 0.6) is 5.75 Å². The summed E-state index contributed by atoms with van der Waals surface area (Å²) in [6, 6.07) is 18.1. The predicted molar refractivity (Wildman–Crippen MR) is 84.0 cm³/mol. The van der Waals surface area contributed by atoms with E-state index in [0.717, 1.165) is 22.0 Å². The van der Waals surface area contributed by atoms with Crippen LogP contribution in [0.15, 0.2) is 66.2 Å². The van der Waals surface area contributed by atoms with Gasteiger partial charge in [0.1, 0.15) is 17.4 Å². The molecule has 3 N–H and O–H groups in total. The molecule has 4 rings (SSSR count). The molecule has 0 bridgehead atoms. The van der Waals surface area contributed by atoms with Crippen LogP contribution in [0.25, 0.3) is 10.8 Å². The van der Waals surface area contributed by atoms with Crippen molar-refractivity contribution in [2.75, 3.05) is 0 Å². The molecule has 0 saturated heterocycles. The summed E-state index contributed by atoms with van der Waals surface area (Å²) in [4.78, 5) is 3.20. The first-order valence-electron chi connectivity index (χ1n) is 7.02. The Bertz CT molecular complexity index is 933. The first-order chi connectivity index (χ1) is 10.8. The first-order valence-corrected chi connectivity index (χ1v) is 7.02. The van der Waals surface area contributed by atoms with Crippen molar-refractivity contribution in [3.63, 3.8) is 0 Å². The minimum absolute atomic E-state index is 0.171. The molecule has 1 atom stereocenters. The molecule has 1 aliphatic heterocycles. The Morgan fingerprint density at radius 3 is 2.73 bits per heavy atom. The fourth-order valence-corrected chi connectivity index (χ4v) is 3.08. The van der Waals surface area contributed by atoms with E-state index in [1.807, 2.05) is 48.7 Å². The molecule has 1 aliphatic rings. The third-order valence-corrected chi connectivity index (χ3v) is 4.05. The smallest absolute Gasteiger partial charge is 0.205 e. The number of ether oxygens (including phenoxy) is 1. The Labute approximate surface area is 127 Å². The topological polar surface area (TPSA) is 74.8 Å². The Morgan fingerprint density at radius 2 is 1.95 bits per heavy atom. The van der Waals surface area contributed by atoms with Crippen molar-refractivity contribution >= 4 is 10.8 Å². The minimum Gasteiger partial charge on any atom is -0.440 e. The van der Waals surface area contributed by atoms with Crippen molar-refractivity contribution in [1.29, 1.82) is 5.26 Å². The molecule has 2 aromatic carbocycles. The summed E-state index contributed by atoms with van der Waals surface area (Å²) in [7, 11) is 0. The molecular formula is C18H13N3O. The number of aromatic nitrogens is 1. The summed E-state index contributed by atoms with van der Waals surface area (Å²) in [5, 5.41) is 11.7. The second-order valence-electron chi connectivity index (χ2n) is 5.25. The second-order valence-corrected chi connectivity index (χ2v) is 5.25. The van der Waals surface area contributed by atoms with Gasteiger partial charge in [-0.2, -0.15) is 5.26 Å². The van der Waals surface area contributed by atoms with E-state index < -0.39 is 0 Å². The van der Waals surface area contributed by atoms with Crippen LogP contribution in [0.4, 0.5) is 0 Å². The van der Waals surface area contributed by atoms with E-state index in [-0.39, 0.29) is 11.8 Å². The van der Waals surface area contributed by atoms with Crippen LogP contribution in [0.2, 0.25) is 0 Å². The zero-order valence-electron chi connectivity index (χ0n) is 11.7. The normalized spacial score (nSPS) is 17.0. The highest BCUT2D eigenvalue weighted by atomic mass is 16.5. The number of hydrogen-bond acceptors (Lipinski definition) is 3. The van der Waals surface area contributed by atoms with Gasteiger partial charge in [0, 0.05) is 17.5 Å². The average Bonchev–Trinajstić information content (AvgIpc) is 3.07. The van der Waals surface area contributed by atoms with Gasteiger partial charge in [-0.05, 0) is 29.0 Å². The fraction of sp³-hybridized carbons (Fsp3) is 0.0556. The summed E-state index contributed by atoms with van der Waals surface area (Å²) in [6.07, 6.45) is 1.85. The molecule has 0 aliphatic carbocycles. The molecule has 1 aromatic heterocycles. The van der Waals surface area contributed by atoms with Gasteiger partial charge in [-0.3, -0.25) is 0 Å². The van der Waals surface area contributed by atoms with Gasteiger partial charge >= 0.3 is 0 Å². The van der Waals surface area contributed by atoms with E-state index in [2.05, 4.69) is 17.1 Å². The van der Waals surface area contributed by atoms with E-state index in [1.165, 1.54) is 0 Å². The van der Waals surface area contributed by atoms with Gasteiger partial charge < -0.3 is 15.5 Å². The summed E-state index contributed by atoms with van der Waals surface area (Å²) in [5.41, 5.74) is 8.31. The summed E-state index contributed by atoms with van der Waals surface area (Å²) < 4.78 is 5.69. The number of rotatable bonds is 1. The van der Waals surface area contributed by atoms with Crippen LogP contribution in [0.1, 0.15) is 17.2 Å². The lowest BCUT2D eigenvalue weighted by Crippen LogP contribution is -2.21. The van der Waals surface area contributed by atoms with Crippen molar-refractivity contribution in [1.82, 2.24) is 4.98 Å². The van der Waals surface area contributed by atoms with Crippen LogP contribution in [-0.4, -0.2) is 4.98 Å². The summed E-state index contributed by atoms with van der Waals surface area (Å²) >= 11 is 0. The van der Waals surface area contributed by atoms with Crippen LogP contribution < -0.4 is 10.5 Å². The van der Waals surface area contributed by atoms with Crippen LogP contribution in [0, 0.1) is 11.3 Å². The lowest BCUT2D eigenvalue weighted by molar-refractivity contribution is 0.394. The molecule has 1 unspecified atom stereocenters. The van der Waals surface area contributed by atoms with E-state index in [4.69, 9.17) is 10.5 Å². The number of H-pyrrole nitrogens is 1. The standard InChI is InChI=1S/C18H13N3O/c19-10-13-16(14-6-3-9-21-14)17-12-5-2-1-4-11(12)7-8-15(17)22-18(13)20/h1-9,16,21H,20H2. The van der Waals surface area contributed by atoms with Gasteiger partial charge in [-0.25, -0.2) is 0 Å². The maximum Gasteiger partial charge on any atom is 0.205 e. The number of benzene rings is 2. The highest BCUT2D eigenvalue weighted by Gasteiger charge is 2.32. The number of allylic oxidation sites excluding steroid dienone is 1. The van der Waals surface area contributed by atoms with Crippen molar-refractivity contribution < 1.29 is 4.74 Å². The lowest BCUT2D eigenvalue weighted by atomic mass is 9.84. The number of fused-ring (bicyclic) bond motifs is 3. The molecule has 0 amide bonds. The van der Waals surface area contributed by atoms with Crippen LogP contribution in [-0.2, 0) is 0 Å². The maximum atomic E-state index is 9.55. The number of nitrogens with one attached hydrogen (secondary N) is 1. The quantitative estimate of drug-likeness (QED) is 0.720. The molecule has 0 saturated carbocycles. The van der Waals surface area contributed by atoms with E-state index in [9.17, 15) is 5.26 Å². The van der Waals surface area contributed by atoms with Crippen LogP contribution >= 0.6 is 0 Å². The molecule has 4 heteroatoms. The number of nitrogens with zero attached hydrogens (tertiary/aromatic N) is 1. The highest BCUT2D eigenvalue weighted by Crippen LogP contribution is 2.44. The van der Waals surface area contributed by atoms with Crippen molar-refractivity contribution in [2.24, 2.45) is 5.73 Å². The van der Waals surface area contributed by atoms with Gasteiger partial charge in [0.25, 0.3) is 0 Å². The molecular weight excluding hydrogens is 274 g/mol. The van der Waals surface area contributed by atoms with Crippen LogP contribution in [0.3, 0.4) is 0 Å². The molecule has 0 radical (unpaired) electrons. The second kappa shape index (κ2) is 4.68. The molecule has 4 nitrogen and oxygen atoms in total. The Hall–Kier alpha value is -3.19. The Kier molecular flexibility index (Phi) is 2.67. The van der Waals surface area contributed by atoms with Crippen molar-refractivity contribution in [3.8, 4) is 11.8 Å². The Balaban J connectivity index is 2.08. The third-order valence-electron chi connectivity index (χ3n) is 4.05. The number of nitrogens with two attached hydrogens (primary N) is 1. The van der Waals surface area contributed by atoms with Gasteiger partial charge in [0.2, 0.25) is 5.88 Å². The van der Waals surface area contributed by atoms with E-state index in [0.29, 0.717) is 11.3 Å². The molecule has 0 fully saturated rings. The van der Waals surface area contributed by atoms with Gasteiger partial charge in [-0.15, -0.1) is 0 Å². The first kappa shape index (κ1) is 12.5. The Morgan fingerprint density at radius 1 is 1.09 bits per heavy atom. The van der Waals surface area contributed by atoms with E-state index >= 15 is 0 Å². The van der Waals surface area contributed by atoms with E-state index in [1.54, 1.807) is 0 Å². The molecule has 106 valence electrons. The average molecular weight is 287 g/mol. The maximum absolute atomic E-state index is 9.55. The number of hydrogen-bond donors (Lipinski definition) is 2. The minimum atomic E-state index is -0.241. The molecule has 2 heterocycles. The van der Waals surface area contributed by atoms with Gasteiger partial charge in [-0.1, -0.05) is 30.3 Å². The third kappa shape index (κ3) is 1.69. The lowest BCUT2D eigenvalue weighted by Gasteiger charge is -2.27. The largest absolute Gasteiger partial charge is 0.440 e. The highest BCUT2D eigenvalue weighted by molar-refractivity contribution is 5.90. The summed E-state index contributed by atoms with van der Waals surface area (Å²) in [6.45, 7) is 0. The molecule has 0 spiro atoms. The fourth-order valence-electron chi connectivity index (χ4n) is 3.08. The molecule has 22 heavy (non-hydrogen) atoms. The molecule has 3 aromatic rings. The number of aromatic amines is 1. The summed E-state index contributed by atoms with van der Waals surface area (Å²) in [5.74, 6) is 0.634. The SMILES string of the molecule is N#CC1=C(N)Oc2ccc3ccccc3c2C1c1ccc[nH]1. The van der Waals surface area contributed by atoms with Crippen molar-refractivity contribution in [3.05, 3.63) is 77.4 Å². The number of nitriles is 1. The van der Waals surface area contributed by atoms with Gasteiger partial charge in [0.15, 0.2) is 0 Å². The van der Waals surface area contributed by atoms with Gasteiger partial charge in [0.05, 0.1) is 5.92 Å². The zero-order valence-corrected chi connectivity index (χ0v) is 11.7. The monoisotopic (exact) mass is 287 g/mol. The van der Waals surface area contributed by atoms with Crippen molar-refractivity contribution in [2.45, 2.75) is 5.92 Å².